The molecular weight excluding hydrogens is 276 g/mol. The van der Waals surface area contributed by atoms with Crippen LogP contribution in [0.1, 0.15) is 101 Å². The van der Waals surface area contributed by atoms with Gasteiger partial charge in [-0.15, -0.1) is 0 Å². The van der Waals surface area contributed by atoms with Crippen molar-refractivity contribution in [1.82, 2.24) is 0 Å². The fourth-order valence-electron chi connectivity index (χ4n) is 5.04. The van der Waals surface area contributed by atoms with Crippen LogP contribution in [0.4, 0.5) is 0 Å². The third-order valence-corrected chi connectivity index (χ3v) is 6.54. The molecule has 2 aliphatic rings. The van der Waals surface area contributed by atoms with Gasteiger partial charge in [-0.3, -0.25) is 0 Å². The maximum absolute atomic E-state index is 2.59. The molecule has 1 atom stereocenters. The first-order valence-corrected chi connectivity index (χ1v) is 10.4. The topological polar surface area (TPSA) is 0 Å². The summed E-state index contributed by atoms with van der Waals surface area (Å²) < 4.78 is 0. The van der Waals surface area contributed by atoms with E-state index in [-0.39, 0.29) is 0 Å². The van der Waals surface area contributed by atoms with Crippen molar-refractivity contribution in [2.24, 2.45) is 11.8 Å². The molecule has 0 spiro atoms. The van der Waals surface area contributed by atoms with Crippen molar-refractivity contribution in [2.45, 2.75) is 96.8 Å². The molecule has 2 aliphatic carbocycles. The summed E-state index contributed by atoms with van der Waals surface area (Å²) in [6.07, 6.45) is 16.9. The Kier molecular flexibility index (Phi) is 6.20. The first kappa shape index (κ1) is 17.1. The monoisotopic (exact) mass is 312 g/mol. The van der Waals surface area contributed by atoms with Crippen LogP contribution in [0.3, 0.4) is 0 Å². The van der Waals surface area contributed by atoms with Crippen LogP contribution in [0.25, 0.3) is 0 Å². The van der Waals surface area contributed by atoms with Crippen LogP contribution in [0.15, 0.2) is 18.2 Å². The highest BCUT2D eigenvalue weighted by Crippen LogP contribution is 2.39. The van der Waals surface area contributed by atoms with E-state index in [9.17, 15) is 0 Å². The zero-order valence-electron chi connectivity index (χ0n) is 15.4. The minimum absolute atomic E-state index is 0.853. The van der Waals surface area contributed by atoms with E-state index in [0.29, 0.717) is 0 Å². The average molecular weight is 313 g/mol. The van der Waals surface area contributed by atoms with Gasteiger partial charge in [0.2, 0.25) is 0 Å². The molecule has 0 bridgehead atoms. The SMILES string of the molecule is CCCCC1CCc2cc([C@H]3CC[C@H](CCC)CC3)ccc2C1. The van der Waals surface area contributed by atoms with Gasteiger partial charge >= 0.3 is 0 Å². The zero-order chi connectivity index (χ0) is 16.1. The molecule has 1 fully saturated rings. The van der Waals surface area contributed by atoms with Gasteiger partial charge in [0.05, 0.1) is 0 Å². The lowest BCUT2D eigenvalue weighted by Crippen LogP contribution is -2.16. The van der Waals surface area contributed by atoms with Crippen molar-refractivity contribution < 1.29 is 0 Å². The number of hydrogen-bond acceptors (Lipinski definition) is 0. The van der Waals surface area contributed by atoms with E-state index in [1.54, 1.807) is 16.7 Å². The summed E-state index contributed by atoms with van der Waals surface area (Å²) in [7, 11) is 0. The largest absolute Gasteiger partial charge is 0.0654 e. The van der Waals surface area contributed by atoms with Crippen molar-refractivity contribution in [3.63, 3.8) is 0 Å². The highest BCUT2D eigenvalue weighted by Gasteiger charge is 2.24. The first-order valence-electron chi connectivity index (χ1n) is 10.4. The van der Waals surface area contributed by atoms with Crippen molar-refractivity contribution in [3.8, 4) is 0 Å². The average Bonchev–Trinajstić information content (AvgIpc) is 2.60. The highest BCUT2D eigenvalue weighted by molar-refractivity contribution is 5.36. The Bertz CT molecular complexity index is 479. The summed E-state index contributed by atoms with van der Waals surface area (Å²) in [5, 5.41) is 0. The Labute approximate surface area is 144 Å². The van der Waals surface area contributed by atoms with Gasteiger partial charge in [-0.25, -0.2) is 0 Å². The summed E-state index contributed by atoms with van der Waals surface area (Å²) >= 11 is 0. The van der Waals surface area contributed by atoms with E-state index in [0.717, 1.165) is 17.8 Å². The van der Waals surface area contributed by atoms with Crippen molar-refractivity contribution in [1.29, 1.82) is 0 Å². The molecule has 128 valence electrons. The van der Waals surface area contributed by atoms with Crippen molar-refractivity contribution in [2.75, 3.05) is 0 Å². The summed E-state index contributed by atoms with van der Waals surface area (Å²) in [6, 6.07) is 7.56. The first-order chi connectivity index (χ1) is 11.3. The molecule has 0 amide bonds. The molecule has 0 heterocycles. The lowest BCUT2D eigenvalue weighted by molar-refractivity contribution is 0.308. The zero-order valence-corrected chi connectivity index (χ0v) is 15.4. The maximum Gasteiger partial charge on any atom is -0.0162 e. The fourth-order valence-corrected chi connectivity index (χ4v) is 5.04. The van der Waals surface area contributed by atoms with Gasteiger partial charge in [0.15, 0.2) is 0 Å². The lowest BCUT2D eigenvalue weighted by atomic mass is 9.75. The van der Waals surface area contributed by atoms with Gasteiger partial charge in [0.1, 0.15) is 0 Å². The minimum Gasteiger partial charge on any atom is -0.0654 e. The predicted octanol–water partition coefficient (Wildman–Crippen LogP) is 7.06. The van der Waals surface area contributed by atoms with Crippen LogP contribution in [0, 0.1) is 11.8 Å². The van der Waals surface area contributed by atoms with Gasteiger partial charge in [-0.1, -0.05) is 64.2 Å². The van der Waals surface area contributed by atoms with E-state index in [1.807, 2.05) is 0 Å². The normalized spacial score (nSPS) is 27.7. The number of unbranched alkanes of at least 4 members (excludes halogenated alkanes) is 1. The molecule has 0 radical (unpaired) electrons. The molecule has 1 saturated carbocycles. The third-order valence-electron chi connectivity index (χ3n) is 6.54. The third kappa shape index (κ3) is 4.40. The lowest BCUT2D eigenvalue weighted by Gasteiger charge is -2.30. The molecule has 0 saturated heterocycles. The summed E-state index contributed by atoms with van der Waals surface area (Å²) in [4.78, 5) is 0. The molecule has 23 heavy (non-hydrogen) atoms. The fraction of sp³-hybridized carbons (Fsp3) is 0.739. The quantitative estimate of drug-likeness (QED) is 0.527. The second-order valence-corrected chi connectivity index (χ2v) is 8.29. The molecule has 0 nitrogen and oxygen atoms in total. The van der Waals surface area contributed by atoms with Crippen LogP contribution in [0.2, 0.25) is 0 Å². The van der Waals surface area contributed by atoms with Crippen LogP contribution < -0.4 is 0 Å². The molecule has 0 aromatic heterocycles. The molecular formula is C23H36. The summed E-state index contributed by atoms with van der Waals surface area (Å²) in [5.74, 6) is 2.83. The van der Waals surface area contributed by atoms with Crippen LogP contribution >= 0.6 is 0 Å². The van der Waals surface area contributed by atoms with E-state index >= 15 is 0 Å². The number of rotatable bonds is 6. The maximum atomic E-state index is 2.59. The Balaban J connectivity index is 1.59. The second kappa shape index (κ2) is 8.36. The van der Waals surface area contributed by atoms with E-state index < -0.39 is 0 Å². The second-order valence-electron chi connectivity index (χ2n) is 8.29. The van der Waals surface area contributed by atoms with Crippen molar-refractivity contribution in [3.05, 3.63) is 34.9 Å². The number of fused-ring (bicyclic) bond motifs is 1. The molecule has 1 aromatic carbocycles. The Hall–Kier alpha value is -0.780. The smallest absolute Gasteiger partial charge is 0.0162 e. The number of aryl methyl sites for hydroxylation is 1. The molecule has 0 aliphatic heterocycles. The standard InChI is InChI=1S/C23H36/c1-3-5-7-19-10-13-23-17-22(15-14-21(23)16-19)20-11-8-18(6-4-2)9-12-20/h14-15,17-20H,3-13,16H2,1-2H3/t18-,19?,20-. The van der Waals surface area contributed by atoms with Gasteiger partial charge in [-0.05, 0) is 79.4 Å². The van der Waals surface area contributed by atoms with Gasteiger partial charge in [0.25, 0.3) is 0 Å². The molecule has 3 rings (SSSR count). The van der Waals surface area contributed by atoms with Gasteiger partial charge in [0, 0.05) is 0 Å². The molecule has 0 heteroatoms. The molecule has 0 N–H and O–H groups in total. The number of hydrogen-bond donors (Lipinski definition) is 0. The van der Waals surface area contributed by atoms with E-state index in [4.69, 9.17) is 0 Å². The van der Waals surface area contributed by atoms with Crippen molar-refractivity contribution >= 4 is 0 Å². The van der Waals surface area contributed by atoms with Crippen LogP contribution in [-0.4, -0.2) is 0 Å². The Morgan fingerprint density at radius 1 is 0.826 bits per heavy atom. The van der Waals surface area contributed by atoms with Gasteiger partial charge < -0.3 is 0 Å². The minimum atomic E-state index is 0.853. The molecule has 1 unspecified atom stereocenters. The molecule has 1 aromatic rings. The van der Waals surface area contributed by atoms with E-state index in [2.05, 4.69) is 32.0 Å². The van der Waals surface area contributed by atoms with Crippen LogP contribution in [0.5, 0.6) is 0 Å². The highest BCUT2D eigenvalue weighted by atomic mass is 14.3. The summed E-state index contributed by atoms with van der Waals surface area (Å²) in [6.45, 7) is 4.65. The Morgan fingerprint density at radius 3 is 2.39 bits per heavy atom. The predicted molar refractivity (Wildman–Crippen MR) is 101 cm³/mol. The Morgan fingerprint density at radius 2 is 1.65 bits per heavy atom. The summed E-state index contributed by atoms with van der Waals surface area (Å²) in [5.41, 5.74) is 5.01. The van der Waals surface area contributed by atoms with E-state index in [1.165, 1.54) is 77.0 Å². The van der Waals surface area contributed by atoms with Gasteiger partial charge in [-0.2, -0.15) is 0 Å². The number of benzene rings is 1. The van der Waals surface area contributed by atoms with Crippen LogP contribution in [-0.2, 0) is 12.8 Å².